The zero-order valence-electron chi connectivity index (χ0n) is 13.6. The van der Waals surface area contributed by atoms with Crippen LogP contribution >= 0.6 is 0 Å². The van der Waals surface area contributed by atoms with E-state index in [2.05, 4.69) is 31.3 Å². The van der Waals surface area contributed by atoms with Gasteiger partial charge < -0.3 is 11.1 Å². The first-order valence-corrected chi connectivity index (χ1v) is 7.36. The van der Waals surface area contributed by atoms with Gasteiger partial charge in [-0.1, -0.05) is 32.0 Å². The molecule has 0 radical (unpaired) electrons. The van der Waals surface area contributed by atoms with Crippen LogP contribution in [0.1, 0.15) is 52.7 Å². The van der Waals surface area contributed by atoms with Crippen molar-refractivity contribution in [2.45, 2.75) is 59.9 Å². The van der Waals surface area contributed by atoms with Crippen molar-refractivity contribution >= 4 is 11.6 Å². The first kappa shape index (κ1) is 16.7. The molecule has 1 rings (SSSR count). The van der Waals surface area contributed by atoms with Crippen LogP contribution in [0.15, 0.2) is 18.2 Å². The smallest absolute Gasteiger partial charge is 0.231 e. The Labute approximate surface area is 122 Å². The first-order chi connectivity index (χ1) is 9.15. The highest BCUT2D eigenvalue weighted by Gasteiger charge is 2.40. The highest BCUT2D eigenvalue weighted by atomic mass is 16.2. The van der Waals surface area contributed by atoms with E-state index in [0.717, 1.165) is 18.5 Å². The summed E-state index contributed by atoms with van der Waals surface area (Å²) in [6.45, 7) is 11.8. The summed E-state index contributed by atoms with van der Waals surface area (Å²) in [5, 5.41) is 3.11. The first-order valence-electron chi connectivity index (χ1n) is 7.36. The Hall–Kier alpha value is -1.35. The third-order valence-electron chi connectivity index (χ3n) is 4.42. The lowest BCUT2D eigenvalue weighted by Gasteiger charge is -2.37. The van der Waals surface area contributed by atoms with Crippen molar-refractivity contribution in [2.75, 3.05) is 5.32 Å². The van der Waals surface area contributed by atoms with Crippen LogP contribution in [-0.2, 0) is 17.6 Å². The van der Waals surface area contributed by atoms with Gasteiger partial charge in [-0.25, -0.2) is 0 Å². The molecule has 0 aliphatic rings. The Morgan fingerprint density at radius 3 is 1.90 bits per heavy atom. The Kier molecular flexibility index (Phi) is 4.98. The molecule has 0 aromatic heterocycles. The van der Waals surface area contributed by atoms with Gasteiger partial charge in [0.05, 0.1) is 5.41 Å². The van der Waals surface area contributed by atoms with E-state index in [1.54, 1.807) is 0 Å². The average molecular weight is 276 g/mol. The number of para-hydroxylation sites is 1. The zero-order chi connectivity index (χ0) is 15.6. The lowest BCUT2D eigenvalue weighted by Crippen LogP contribution is -2.53. The summed E-state index contributed by atoms with van der Waals surface area (Å²) < 4.78 is 0. The molecule has 3 nitrogen and oxygen atoms in total. The summed E-state index contributed by atoms with van der Waals surface area (Å²) in [5.74, 6) is -0.0272. The second-order valence-corrected chi connectivity index (χ2v) is 6.46. The number of anilines is 1. The summed E-state index contributed by atoms with van der Waals surface area (Å²) in [6.07, 6.45) is 1.80. The minimum absolute atomic E-state index is 0.0272. The summed E-state index contributed by atoms with van der Waals surface area (Å²) in [4.78, 5) is 12.6. The maximum absolute atomic E-state index is 12.6. The van der Waals surface area contributed by atoms with Crippen molar-refractivity contribution in [1.82, 2.24) is 0 Å². The third kappa shape index (κ3) is 3.21. The van der Waals surface area contributed by atoms with Crippen LogP contribution < -0.4 is 11.1 Å². The van der Waals surface area contributed by atoms with Gasteiger partial charge in [0.15, 0.2) is 0 Å². The van der Waals surface area contributed by atoms with Crippen LogP contribution in [-0.4, -0.2) is 11.4 Å². The van der Waals surface area contributed by atoms with Crippen LogP contribution in [0.25, 0.3) is 0 Å². The van der Waals surface area contributed by atoms with E-state index in [0.29, 0.717) is 0 Å². The molecule has 3 N–H and O–H groups in total. The minimum Gasteiger partial charge on any atom is -0.325 e. The second kappa shape index (κ2) is 5.96. The number of carbonyl (C=O) groups is 1. The summed E-state index contributed by atoms with van der Waals surface area (Å²) in [7, 11) is 0. The van der Waals surface area contributed by atoms with Gasteiger partial charge in [-0.15, -0.1) is 0 Å². The number of benzene rings is 1. The largest absolute Gasteiger partial charge is 0.325 e. The topological polar surface area (TPSA) is 55.1 Å². The molecule has 0 aliphatic heterocycles. The van der Waals surface area contributed by atoms with Gasteiger partial charge in [0.2, 0.25) is 5.91 Å². The number of amides is 1. The predicted octanol–water partition coefficient (Wildman–Crippen LogP) is 3.51. The molecular weight excluding hydrogens is 248 g/mol. The SMILES string of the molecule is CCc1cccc(CC)c1NC(=O)C(C)(C)C(C)(C)N. The fourth-order valence-electron chi connectivity index (χ4n) is 1.97. The van der Waals surface area contributed by atoms with Crippen LogP contribution in [0.5, 0.6) is 0 Å². The van der Waals surface area contributed by atoms with E-state index in [1.807, 2.05) is 33.8 Å². The van der Waals surface area contributed by atoms with E-state index in [1.165, 1.54) is 11.1 Å². The molecule has 0 fully saturated rings. The summed E-state index contributed by atoms with van der Waals surface area (Å²) in [5.41, 5.74) is 8.23. The van der Waals surface area contributed by atoms with Gasteiger partial charge in [-0.3, -0.25) is 4.79 Å². The lowest BCUT2D eigenvalue weighted by atomic mass is 9.74. The number of rotatable bonds is 5. The molecule has 0 atom stereocenters. The van der Waals surface area contributed by atoms with Crippen molar-refractivity contribution in [3.05, 3.63) is 29.3 Å². The van der Waals surface area contributed by atoms with Crippen molar-refractivity contribution in [3.63, 3.8) is 0 Å². The van der Waals surface area contributed by atoms with E-state index >= 15 is 0 Å². The monoisotopic (exact) mass is 276 g/mol. The maximum atomic E-state index is 12.6. The summed E-state index contributed by atoms with van der Waals surface area (Å²) in [6, 6.07) is 6.18. The van der Waals surface area contributed by atoms with E-state index < -0.39 is 11.0 Å². The molecule has 112 valence electrons. The van der Waals surface area contributed by atoms with Crippen LogP contribution in [0.2, 0.25) is 0 Å². The van der Waals surface area contributed by atoms with E-state index in [9.17, 15) is 4.79 Å². The van der Waals surface area contributed by atoms with Gasteiger partial charge in [0, 0.05) is 11.2 Å². The second-order valence-electron chi connectivity index (χ2n) is 6.46. The summed E-state index contributed by atoms with van der Waals surface area (Å²) >= 11 is 0. The average Bonchev–Trinajstić information content (AvgIpc) is 2.37. The van der Waals surface area contributed by atoms with Gasteiger partial charge in [-0.2, -0.15) is 0 Å². The number of nitrogens with one attached hydrogen (secondary N) is 1. The standard InChI is InChI=1S/C17H28N2O/c1-7-12-10-9-11-13(8-2)14(12)19-15(20)16(3,4)17(5,6)18/h9-11H,7-8,18H2,1-6H3,(H,19,20). The fourth-order valence-corrected chi connectivity index (χ4v) is 1.97. The minimum atomic E-state index is -0.640. The van der Waals surface area contributed by atoms with Crippen molar-refractivity contribution < 1.29 is 4.79 Å². The highest BCUT2D eigenvalue weighted by molar-refractivity contribution is 5.97. The molecule has 0 saturated carbocycles. The molecule has 0 bridgehead atoms. The Morgan fingerprint density at radius 1 is 1.10 bits per heavy atom. The number of hydrogen-bond donors (Lipinski definition) is 2. The van der Waals surface area contributed by atoms with Crippen molar-refractivity contribution in [3.8, 4) is 0 Å². The number of hydrogen-bond acceptors (Lipinski definition) is 2. The van der Waals surface area contributed by atoms with Gasteiger partial charge in [-0.05, 0) is 51.7 Å². The molecular formula is C17H28N2O. The van der Waals surface area contributed by atoms with Crippen molar-refractivity contribution in [2.24, 2.45) is 11.1 Å². The molecule has 1 amide bonds. The normalized spacial score (nSPS) is 12.3. The molecule has 0 unspecified atom stereocenters. The molecule has 1 aromatic carbocycles. The molecule has 0 aliphatic carbocycles. The van der Waals surface area contributed by atoms with Crippen LogP contribution in [0, 0.1) is 5.41 Å². The van der Waals surface area contributed by atoms with Gasteiger partial charge in [0.1, 0.15) is 0 Å². The predicted molar refractivity (Wildman–Crippen MR) is 85.9 cm³/mol. The highest BCUT2D eigenvalue weighted by Crippen LogP contribution is 2.31. The van der Waals surface area contributed by atoms with E-state index in [-0.39, 0.29) is 5.91 Å². The maximum Gasteiger partial charge on any atom is 0.231 e. The molecule has 1 aromatic rings. The molecule has 3 heteroatoms. The Morgan fingerprint density at radius 2 is 1.55 bits per heavy atom. The Balaban J connectivity index is 3.14. The Bertz CT molecular complexity index is 462. The molecule has 0 spiro atoms. The number of nitrogens with two attached hydrogens (primary N) is 1. The van der Waals surface area contributed by atoms with Gasteiger partial charge >= 0.3 is 0 Å². The fraction of sp³-hybridized carbons (Fsp3) is 0.588. The lowest BCUT2D eigenvalue weighted by molar-refractivity contribution is -0.126. The third-order valence-corrected chi connectivity index (χ3v) is 4.42. The number of carbonyl (C=O) groups excluding carboxylic acids is 1. The van der Waals surface area contributed by atoms with Gasteiger partial charge in [0.25, 0.3) is 0 Å². The van der Waals surface area contributed by atoms with E-state index in [4.69, 9.17) is 5.73 Å². The van der Waals surface area contributed by atoms with Crippen LogP contribution in [0.3, 0.4) is 0 Å². The number of aryl methyl sites for hydroxylation is 2. The molecule has 20 heavy (non-hydrogen) atoms. The zero-order valence-corrected chi connectivity index (χ0v) is 13.6. The molecule has 0 saturated heterocycles. The molecule has 0 heterocycles. The quantitative estimate of drug-likeness (QED) is 0.864. The van der Waals surface area contributed by atoms with Crippen molar-refractivity contribution in [1.29, 1.82) is 0 Å². The van der Waals surface area contributed by atoms with Crippen LogP contribution in [0.4, 0.5) is 5.69 Å².